The third kappa shape index (κ3) is 2.55. The highest BCUT2D eigenvalue weighted by Gasteiger charge is 2.39. The first kappa shape index (κ1) is 14.1. The summed E-state index contributed by atoms with van der Waals surface area (Å²) in [6.45, 7) is 3.52. The molecule has 0 unspecified atom stereocenters. The summed E-state index contributed by atoms with van der Waals surface area (Å²) < 4.78 is 0. The molecule has 4 heteroatoms. The molecule has 0 bridgehead atoms. The molecule has 2 heterocycles. The Kier molecular flexibility index (Phi) is 3.95. The quantitative estimate of drug-likeness (QED) is 0.837. The van der Waals surface area contributed by atoms with E-state index in [-0.39, 0.29) is 17.9 Å². The molecule has 0 N–H and O–H groups in total. The molecule has 1 saturated heterocycles. The number of carbonyl (C=O) groups excluding carboxylic acids is 2. The van der Waals surface area contributed by atoms with E-state index in [1.165, 1.54) is 6.42 Å². The van der Waals surface area contributed by atoms with Gasteiger partial charge < -0.3 is 4.90 Å². The first-order valence-corrected chi connectivity index (χ1v) is 7.91. The number of hydrogen-bond acceptors (Lipinski definition) is 2. The molecule has 0 spiro atoms. The number of para-hydroxylation sites is 1. The van der Waals surface area contributed by atoms with E-state index in [0.717, 1.165) is 37.2 Å². The predicted molar refractivity (Wildman–Crippen MR) is 82.1 cm³/mol. The summed E-state index contributed by atoms with van der Waals surface area (Å²) in [7, 11) is 0. The van der Waals surface area contributed by atoms with Gasteiger partial charge in [-0.2, -0.15) is 0 Å². The topological polar surface area (TPSA) is 40.6 Å². The lowest BCUT2D eigenvalue weighted by Gasteiger charge is -2.32. The number of rotatable bonds is 2. The van der Waals surface area contributed by atoms with Crippen LogP contribution in [0.15, 0.2) is 24.3 Å². The normalized spacial score (nSPS) is 21.3. The number of carbonyl (C=O) groups is 2. The summed E-state index contributed by atoms with van der Waals surface area (Å²) in [6.07, 6.45) is 4.43. The molecule has 0 aromatic heterocycles. The fourth-order valence-corrected chi connectivity index (χ4v) is 3.39. The number of hydrogen-bond donors (Lipinski definition) is 0. The Morgan fingerprint density at radius 2 is 1.86 bits per heavy atom. The average molecular weight is 286 g/mol. The lowest BCUT2D eigenvalue weighted by molar-refractivity contribution is -0.135. The van der Waals surface area contributed by atoms with Crippen molar-refractivity contribution in [3.63, 3.8) is 0 Å². The maximum absolute atomic E-state index is 12.8. The van der Waals surface area contributed by atoms with Crippen LogP contribution in [0.1, 0.15) is 38.2 Å². The number of likely N-dealkylation sites (tertiary alicyclic amines) is 1. The van der Waals surface area contributed by atoms with E-state index in [4.69, 9.17) is 0 Å². The van der Waals surface area contributed by atoms with Crippen LogP contribution in [0.4, 0.5) is 5.69 Å². The third-order valence-electron chi connectivity index (χ3n) is 4.50. The van der Waals surface area contributed by atoms with Crippen LogP contribution in [-0.2, 0) is 16.0 Å². The predicted octanol–water partition coefficient (Wildman–Crippen LogP) is 2.37. The monoisotopic (exact) mass is 286 g/mol. The van der Waals surface area contributed by atoms with Gasteiger partial charge in [-0.1, -0.05) is 25.1 Å². The Balaban J connectivity index is 1.87. The Morgan fingerprint density at radius 3 is 2.57 bits per heavy atom. The van der Waals surface area contributed by atoms with Crippen molar-refractivity contribution in [2.24, 2.45) is 0 Å². The SMILES string of the molecule is CCC(=O)N1c2ccccc2C[C@@H]1C(=O)N1CCCCC1. The van der Waals surface area contributed by atoms with Crippen molar-refractivity contribution < 1.29 is 9.59 Å². The first-order chi connectivity index (χ1) is 10.2. The minimum Gasteiger partial charge on any atom is -0.341 e. The van der Waals surface area contributed by atoms with E-state index < -0.39 is 0 Å². The van der Waals surface area contributed by atoms with Crippen LogP contribution >= 0.6 is 0 Å². The van der Waals surface area contributed by atoms with Crippen molar-refractivity contribution in [2.75, 3.05) is 18.0 Å². The van der Waals surface area contributed by atoms with Crippen molar-refractivity contribution >= 4 is 17.5 Å². The van der Waals surface area contributed by atoms with Gasteiger partial charge in [-0.25, -0.2) is 0 Å². The van der Waals surface area contributed by atoms with E-state index in [1.807, 2.05) is 36.1 Å². The molecule has 112 valence electrons. The van der Waals surface area contributed by atoms with Gasteiger partial charge in [0.2, 0.25) is 11.8 Å². The summed E-state index contributed by atoms with van der Waals surface area (Å²) in [4.78, 5) is 28.8. The zero-order chi connectivity index (χ0) is 14.8. The number of fused-ring (bicyclic) bond motifs is 1. The molecular weight excluding hydrogens is 264 g/mol. The second-order valence-electron chi connectivity index (χ2n) is 5.85. The molecule has 0 radical (unpaired) electrons. The van der Waals surface area contributed by atoms with Gasteiger partial charge in [-0.05, 0) is 30.9 Å². The zero-order valence-electron chi connectivity index (χ0n) is 12.5. The maximum Gasteiger partial charge on any atom is 0.246 e. The summed E-state index contributed by atoms with van der Waals surface area (Å²) in [5.74, 6) is 0.156. The van der Waals surface area contributed by atoms with E-state index in [9.17, 15) is 9.59 Å². The number of anilines is 1. The molecule has 1 aromatic carbocycles. The average Bonchev–Trinajstić information content (AvgIpc) is 2.93. The van der Waals surface area contributed by atoms with Crippen molar-refractivity contribution in [3.05, 3.63) is 29.8 Å². The smallest absolute Gasteiger partial charge is 0.246 e. The van der Waals surface area contributed by atoms with Crippen LogP contribution in [-0.4, -0.2) is 35.8 Å². The fourth-order valence-electron chi connectivity index (χ4n) is 3.39. The molecule has 2 aliphatic rings. The lowest BCUT2D eigenvalue weighted by atomic mass is 10.1. The second kappa shape index (κ2) is 5.88. The highest BCUT2D eigenvalue weighted by Crippen LogP contribution is 2.33. The second-order valence-corrected chi connectivity index (χ2v) is 5.85. The Morgan fingerprint density at radius 1 is 1.14 bits per heavy atom. The van der Waals surface area contributed by atoms with E-state index in [1.54, 1.807) is 4.90 Å². The third-order valence-corrected chi connectivity index (χ3v) is 4.50. The molecule has 1 fully saturated rings. The summed E-state index contributed by atoms with van der Waals surface area (Å²) in [6, 6.07) is 7.54. The van der Waals surface area contributed by atoms with Crippen molar-refractivity contribution in [2.45, 2.75) is 45.1 Å². The molecule has 2 amide bonds. The van der Waals surface area contributed by atoms with Gasteiger partial charge in [0, 0.05) is 31.6 Å². The molecule has 0 aliphatic carbocycles. The highest BCUT2D eigenvalue weighted by molar-refractivity contribution is 6.03. The summed E-state index contributed by atoms with van der Waals surface area (Å²) in [5.41, 5.74) is 2.02. The molecule has 4 nitrogen and oxygen atoms in total. The van der Waals surface area contributed by atoms with Crippen LogP contribution in [0.2, 0.25) is 0 Å². The standard InChI is InChI=1S/C17H22N2O2/c1-2-16(20)19-14-9-5-4-8-13(14)12-15(19)17(21)18-10-6-3-7-11-18/h4-5,8-9,15H,2-3,6-7,10-12H2,1H3/t15-/m1/s1. The highest BCUT2D eigenvalue weighted by atomic mass is 16.2. The molecule has 2 aliphatic heterocycles. The number of amides is 2. The Labute approximate surface area is 125 Å². The van der Waals surface area contributed by atoms with Gasteiger partial charge in [-0.15, -0.1) is 0 Å². The lowest BCUT2D eigenvalue weighted by Crippen LogP contribution is -2.50. The minimum absolute atomic E-state index is 0.0373. The van der Waals surface area contributed by atoms with Gasteiger partial charge in [0.1, 0.15) is 6.04 Å². The van der Waals surface area contributed by atoms with Gasteiger partial charge in [0.25, 0.3) is 0 Å². The van der Waals surface area contributed by atoms with Crippen molar-refractivity contribution in [1.82, 2.24) is 4.90 Å². The van der Waals surface area contributed by atoms with Gasteiger partial charge in [0.05, 0.1) is 0 Å². The Hall–Kier alpha value is -1.84. The van der Waals surface area contributed by atoms with Crippen LogP contribution in [0.3, 0.4) is 0 Å². The minimum atomic E-state index is -0.340. The van der Waals surface area contributed by atoms with Gasteiger partial charge in [-0.3, -0.25) is 14.5 Å². The van der Waals surface area contributed by atoms with Crippen molar-refractivity contribution in [3.8, 4) is 0 Å². The molecule has 3 rings (SSSR count). The number of nitrogens with zero attached hydrogens (tertiary/aromatic N) is 2. The first-order valence-electron chi connectivity index (χ1n) is 7.91. The number of benzene rings is 1. The van der Waals surface area contributed by atoms with Gasteiger partial charge in [0.15, 0.2) is 0 Å². The fraction of sp³-hybridized carbons (Fsp3) is 0.529. The number of piperidine rings is 1. The molecule has 0 saturated carbocycles. The zero-order valence-corrected chi connectivity index (χ0v) is 12.5. The van der Waals surface area contributed by atoms with Crippen LogP contribution in [0, 0.1) is 0 Å². The van der Waals surface area contributed by atoms with E-state index in [2.05, 4.69) is 0 Å². The van der Waals surface area contributed by atoms with Crippen LogP contribution in [0.25, 0.3) is 0 Å². The largest absolute Gasteiger partial charge is 0.341 e. The van der Waals surface area contributed by atoms with Gasteiger partial charge >= 0.3 is 0 Å². The summed E-state index contributed by atoms with van der Waals surface area (Å²) >= 11 is 0. The molecular formula is C17H22N2O2. The summed E-state index contributed by atoms with van der Waals surface area (Å²) in [5, 5.41) is 0. The van der Waals surface area contributed by atoms with Crippen molar-refractivity contribution in [1.29, 1.82) is 0 Å². The van der Waals surface area contributed by atoms with Crippen LogP contribution < -0.4 is 4.90 Å². The molecule has 1 atom stereocenters. The molecule has 1 aromatic rings. The van der Waals surface area contributed by atoms with E-state index >= 15 is 0 Å². The Bertz CT molecular complexity index is 549. The molecule has 21 heavy (non-hydrogen) atoms. The van der Waals surface area contributed by atoms with Crippen LogP contribution in [0.5, 0.6) is 0 Å². The van der Waals surface area contributed by atoms with E-state index in [0.29, 0.717) is 12.8 Å². The maximum atomic E-state index is 12.8.